The fourth-order valence-electron chi connectivity index (χ4n) is 3.40. The first kappa shape index (κ1) is 22.0. The Morgan fingerprint density at radius 1 is 1.03 bits per heavy atom. The summed E-state index contributed by atoms with van der Waals surface area (Å²) in [5.41, 5.74) is 3.89. The standard InChI is InChI=1S/C23H25N3O5/c1-14-4-5-15(2)20(10-14)26-12-17(11-22(26)29)23(30)31-13-21(28)25-19-8-6-18(7-9-19)24-16(3)27/h4-10,17H,11-13H2,1-3H3,(H,24,27)(H,25,28)/t17-/m1/s1. The van der Waals surface area contributed by atoms with Crippen molar-refractivity contribution in [3.8, 4) is 0 Å². The zero-order valence-corrected chi connectivity index (χ0v) is 17.7. The molecule has 3 rings (SSSR count). The Bertz CT molecular complexity index is 1020. The number of aryl methyl sites for hydroxylation is 2. The number of esters is 1. The van der Waals surface area contributed by atoms with Gasteiger partial charge in [0.05, 0.1) is 5.92 Å². The van der Waals surface area contributed by atoms with Gasteiger partial charge in [-0.25, -0.2) is 0 Å². The van der Waals surface area contributed by atoms with Gasteiger partial charge in [0.25, 0.3) is 5.91 Å². The molecule has 162 valence electrons. The number of amides is 3. The summed E-state index contributed by atoms with van der Waals surface area (Å²) in [7, 11) is 0. The lowest BCUT2D eigenvalue weighted by Crippen LogP contribution is -2.28. The molecule has 0 bridgehead atoms. The Morgan fingerprint density at radius 2 is 1.68 bits per heavy atom. The molecule has 1 aliphatic rings. The number of anilines is 3. The lowest BCUT2D eigenvalue weighted by molar-refractivity contribution is -0.151. The second kappa shape index (κ2) is 9.42. The Labute approximate surface area is 180 Å². The second-order valence-corrected chi connectivity index (χ2v) is 7.61. The fraction of sp³-hybridized carbons (Fsp3) is 0.304. The lowest BCUT2D eigenvalue weighted by Gasteiger charge is -2.19. The molecule has 31 heavy (non-hydrogen) atoms. The molecule has 2 aromatic rings. The zero-order valence-electron chi connectivity index (χ0n) is 17.7. The quantitative estimate of drug-likeness (QED) is 0.695. The molecule has 0 radical (unpaired) electrons. The SMILES string of the molecule is CC(=O)Nc1ccc(NC(=O)COC(=O)[C@@H]2CC(=O)N(c3cc(C)ccc3C)C2)cc1. The summed E-state index contributed by atoms with van der Waals surface area (Å²) in [6.45, 7) is 5.06. The summed E-state index contributed by atoms with van der Waals surface area (Å²) < 4.78 is 5.14. The summed E-state index contributed by atoms with van der Waals surface area (Å²) in [6.07, 6.45) is 0.0540. The molecule has 0 aliphatic carbocycles. The highest BCUT2D eigenvalue weighted by molar-refractivity contribution is 6.00. The number of carbonyl (C=O) groups excluding carboxylic acids is 4. The molecule has 8 heteroatoms. The summed E-state index contributed by atoms with van der Waals surface area (Å²) in [5, 5.41) is 5.25. The molecule has 1 aliphatic heterocycles. The van der Waals surface area contributed by atoms with Crippen molar-refractivity contribution >= 4 is 40.8 Å². The van der Waals surface area contributed by atoms with E-state index in [-0.39, 0.29) is 24.8 Å². The second-order valence-electron chi connectivity index (χ2n) is 7.61. The van der Waals surface area contributed by atoms with Gasteiger partial charge in [-0.3, -0.25) is 19.2 Å². The Hall–Kier alpha value is -3.68. The highest BCUT2D eigenvalue weighted by Crippen LogP contribution is 2.29. The summed E-state index contributed by atoms with van der Waals surface area (Å²) in [4.78, 5) is 49.6. The Kier molecular flexibility index (Phi) is 6.69. The van der Waals surface area contributed by atoms with Crippen LogP contribution in [0.2, 0.25) is 0 Å². The molecule has 2 N–H and O–H groups in total. The number of rotatable bonds is 6. The van der Waals surface area contributed by atoms with Crippen molar-refractivity contribution in [2.24, 2.45) is 5.92 Å². The normalized spacial score (nSPS) is 15.5. The molecule has 1 atom stereocenters. The topological polar surface area (TPSA) is 105 Å². The zero-order chi connectivity index (χ0) is 22.5. The maximum atomic E-state index is 12.4. The van der Waals surface area contributed by atoms with Crippen LogP contribution in [0.15, 0.2) is 42.5 Å². The predicted molar refractivity (Wildman–Crippen MR) is 117 cm³/mol. The van der Waals surface area contributed by atoms with Crippen molar-refractivity contribution in [1.82, 2.24) is 0 Å². The van der Waals surface area contributed by atoms with Gasteiger partial charge in [-0.2, -0.15) is 0 Å². The minimum atomic E-state index is -0.614. The van der Waals surface area contributed by atoms with E-state index in [9.17, 15) is 19.2 Å². The maximum Gasteiger partial charge on any atom is 0.311 e. The van der Waals surface area contributed by atoms with Crippen LogP contribution in [0.3, 0.4) is 0 Å². The van der Waals surface area contributed by atoms with Crippen LogP contribution in [-0.2, 0) is 23.9 Å². The fourth-order valence-corrected chi connectivity index (χ4v) is 3.40. The number of nitrogens with one attached hydrogen (secondary N) is 2. The number of benzene rings is 2. The average Bonchev–Trinajstić information content (AvgIpc) is 3.10. The molecular formula is C23H25N3O5. The van der Waals surface area contributed by atoms with E-state index in [1.54, 1.807) is 29.2 Å². The van der Waals surface area contributed by atoms with E-state index in [1.165, 1.54) is 6.92 Å². The van der Waals surface area contributed by atoms with Gasteiger partial charge < -0.3 is 20.3 Å². The Morgan fingerprint density at radius 3 is 2.32 bits per heavy atom. The van der Waals surface area contributed by atoms with Crippen LogP contribution in [0.4, 0.5) is 17.1 Å². The summed E-state index contributed by atoms with van der Waals surface area (Å²) in [6, 6.07) is 12.4. The highest BCUT2D eigenvalue weighted by atomic mass is 16.5. The van der Waals surface area contributed by atoms with Crippen molar-refractivity contribution in [3.63, 3.8) is 0 Å². The van der Waals surface area contributed by atoms with E-state index in [0.717, 1.165) is 16.8 Å². The van der Waals surface area contributed by atoms with Gasteiger partial charge in [-0.15, -0.1) is 0 Å². The summed E-state index contributed by atoms with van der Waals surface area (Å²) in [5.74, 6) is -2.00. The van der Waals surface area contributed by atoms with Gasteiger partial charge in [-0.05, 0) is 55.3 Å². The first-order valence-corrected chi connectivity index (χ1v) is 9.94. The molecule has 2 aromatic carbocycles. The van der Waals surface area contributed by atoms with E-state index in [4.69, 9.17) is 4.74 Å². The number of ether oxygens (including phenoxy) is 1. The molecule has 1 saturated heterocycles. The van der Waals surface area contributed by atoms with Crippen LogP contribution in [0.25, 0.3) is 0 Å². The molecule has 0 saturated carbocycles. The monoisotopic (exact) mass is 423 g/mol. The van der Waals surface area contributed by atoms with Crippen LogP contribution in [0.5, 0.6) is 0 Å². The molecule has 0 aromatic heterocycles. The molecule has 8 nitrogen and oxygen atoms in total. The number of hydrogen-bond donors (Lipinski definition) is 2. The van der Waals surface area contributed by atoms with Crippen LogP contribution >= 0.6 is 0 Å². The summed E-state index contributed by atoms with van der Waals surface area (Å²) >= 11 is 0. The van der Waals surface area contributed by atoms with Gasteiger partial charge in [-0.1, -0.05) is 12.1 Å². The van der Waals surface area contributed by atoms with Gasteiger partial charge >= 0.3 is 5.97 Å². The number of nitrogens with zero attached hydrogens (tertiary/aromatic N) is 1. The molecule has 3 amide bonds. The van der Waals surface area contributed by atoms with Crippen LogP contribution in [-0.4, -0.2) is 36.8 Å². The van der Waals surface area contributed by atoms with Crippen molar-refractivity contribution < 1.29 is 23.9 Å². The predicted octanol–water partition coefficient (Wildman–Crippen LogP) is 2.80. The first-order chi connectivity index (χ1) is 14.7. The van der Waals surface area contributed by atoms with Crippen molar-refractivity contribution in [3.05, 3.63) is 53.6 Å². The van der Waals surface area contributed by atoms with Crippen LogP contribution in [0, 0.1) is 19.8 Å². The average molecular weight is 423 g/mol. The van der Waals surface area contributed by atoms with E-state index < -0.39 is 24.4 Å². The van der Waals surface area contributed by atoms with Gasteiger partial charge in [0.1, 0.15) is 0 Å². The van der Waals surface area contributed by atoms with Crippen molar-refractivity contribution in [2.45, 2.75) is 27.2 Å². The third kappa shape index (κ3) is 5.69. The van der Waals surface area contributed by atoms with E-state index >= 15 is 0 Å². The third-order valence-corrected chi connectivity index (χ3v) is 4.95. The molecule has 1 heterocycles. The van der Waals surface area contributed by atoms with E-state index in [1.807, 2.05) is 32.0 Å². The van der Waals surface area contributed by atoms with Crippen molar-refractivity contribution in [1.29, 1.82) is 0 Å². The van der Waals surface area contributed by atoms with Gasteiger partial charge in [0.15, 0.2) is 6.61 Å². The minimum absolute atomic E-state index is 0.0540. The highest BCUT2D eigenvalue weighted by Gasteiger charge is 2.36. The first-order valence-electron chi connectivity index (χ1n) is 9.94. The van der Waals surface area contributed by atoms with Crippen molar-refractivity contribution in [2.75, 3.05) is 28.7 Å². The smallest absolute Gasteiger partial charge is 0.311 e. The third-order valence-electron chi connectivity index (χ3n) is 4.95. The largest absolute Gasteiger partial charge is 0.455 e. The van der Waals surface area contributed by atoms with E-state index in [2.05, 4.69) is 10.6 Å². The Balaban J connectivity index is 1.51. The minimum Gasteiger partial charge on any atom is -0.455 e. The van der Waals surface area contributed by atoms with Gasteiger partial charge in [0.2, 0.25) is 11.8 Å². The molecular weight excluding hydrogens is 398 g/mol. The van der Waals surface area contributed by atoms with Crippen LogP contribution in [0.1, 0.15) is 24.5 Å². The maximum absolute atomic E-state index is 12.4. The number of hydrogen-bond acceptors (Lipinski definition) is 5. The lowest BCUT2D eigenvalue weighted by atomic mass is 10.1. The number of carbonyl (C=O) groups is 4. The van der Waals surface area contributed by atoms with E-state index in [0.29, 0.717) is 11.4 Å². The molecule has 1 fully saturated rings. The van der Waals surface area contributed by atoms with Gasteiger partial charge in [0, 0.05) is 37.0 Å². The molecule has 0 spiro atoms. The van der Waals surface area contributed by atoms with Crippen LogP contribution < -0.4 is 15.5 Å². The molecule has 0 unspecified atom stereocenters.